The van der Waals surface area contributed by atoms with Gasteiger partial charge in [-0.15, -0.1) is 0 Å². The van der Waals surface area contributed by atoms with Crippen LogP contribution in [0.3, 0.4) is 0 Å². The van der Waals surface area contributed by atoms with Crippen molar-refractivity contribution in [1.29, 1.82) is 0 Å². The summed E-state index contributed by atoms with van der Waals surface area (Å²) < 4.78 is 0. The number of carbonyl (C=O) groups is 1. The van der Waals surface area contributed by atoms with Gasteiger partial charge in [-0.1, -0.05) is 37.8 Å². The lowest BCUT2D eigenvalue weighted by Gasteiger charge is -2.17. The number of nitrogens with one attached hydrogen (secondary N) is 1. The fraction of sp³-hybridized carbons (Fsp3) is 0.308. The van der Waals surface area contributed by atoms with Crippen molar-refractivity contribution in [2.24, 2.45) is 5.92 Å². The molecule has 1 aliphatic carbocycles. The van der Waals surface area contributed by atoms with Crippen molar-refractivity contribution in [1.82, 2.24) is 5.32 Å². The number of amides is 1. The Kier molecular flexibility index (Phi) is 2.58. The van der Waals surface area contributed by atoms with Gasteiger partial charge in [-0.25, -0.2) is 0 Å². The average Bonchev–Trinajstić information content (AvgIpc) is 2.55. The van der Waals surface area contributed by atoms with Gasteiger partial charge in [0.25, 0.3) is 0 Å². The van der Waals surface area contributed by atoms with E-state index in [0.29, 0.717) is 5.92 Å². The molecule has 2 atom stereocenters. The minimum Gasteiger partial charge on any atom is -0.345 e. The third kappa shape index (κ3) is 1.80. The van der Waals surface area contributed by atoms with Gasteiger partial charge in [-0.3, -0.25) is 4.79 Å². The third-order valence-corrected chi connectivity index (χ3v) is 2.98. The van der Waals surface area contributed by atoms with Crippen LogP contribution in [0.5, 0.6) is 0 Å². The van der Waals surface area contributed by atoms with Crippen LogP contribution in [0.25, 0.3) is 0 Å². The lowest BCUT2D eigenvalue weighted by molar-refractivity contribution is -0.117. The molecule has 1 aromatic carbocycles. The van der Waals surface area contributed by atoms with Crippen molar-refractivity contribution in [3.63, 3.8) is 0 Å². The number of hydrogen-bond acceptors (Lipinski definition) is 1. The molecule has 0 radical (unpaired) electrons. The molecule has 1 aliphatic rings. The van der Waals surface area contributed by atoms with Crippen molar-refractivity contribution < 1.29 is 4.79 Å². The van der Waals surface area contributed by atoms with Gasteiger partial charge in [-0.05, 0) is 29.5 Å². The second-order valence-electron chi connectivity index (χ2n) is 4.07. The van der Waals surface area contributed by atoms with Gasteiger partial charge in [-0.2, -0.15) is 0 Å². The van der Waals surface area contributed by atoms with Gasteiger partial charge in [0, 0.05) is 0 Å². The summed E-state index contributed by atoms with van der Waals surface area (Å²) in [6.07, 6.45) is 2.37. The van der Waals surface area contributed by atoms with Crippen molar-refractivity contribution in [2.75, 3.05) is 0 Å². The minimum atomic E-state index is -0.0939. The molecule has 0 spiro atoms. The molecular weight excluding hydrogens is 186 g/mol. The molecule has 15 heavy (non-hydrogen) atoms. The maximum atomic E-state index is 11.3. The van der Waals surface area contributed by atoms with Crippen LogP contribution in [0.15, 0.2) is 36.9 Å². The van der Waals surface area contributed by atoms with Crippen LogP contribution >= 0.6 is 0 Å². The Morgan fingerprint density at radius 1 is 1.53 bits per heavy atom. The highest BCUT2D eigenvalue weighted by atomic mass is 16.1. The van der Waals surface area contributed by atoms with E-state index in [9.17, 15) is 4.79 Å². The molecule has 0 fully saturated rings. The highest BCUT2D eigenvalue weighted by molar-refractivity contribution is 5.87. The van der Waals surface area contributed by atoms with Crippen LogP contribution in [-0.2, 0) is 11.2 Å². The monoisotopic (exact) mass is 201 g/mol. The van der Waals surface area contributed by atoms with Crippen LogP contribution in [0.4, 0.5) is 0 Å². The molecule has 0 saturated carbocycles. The Morgan fingerprint density at radius 2 is 2.27 bits per heavy atom. The number of carbonyl (C=O) groups excluding carboxylic acids is 1. The molecule has 0 bridgehead atoms. The largest absolute Gasteiger partial charge is 0.345 e. The lowest BCUT2D eigenvalue weighted by Crippen LogP contribution is -2.28. The third-order valence-electron chi connectivity index (χ3n) is 2.98. The van der Waals surface area contributed by atoms with E-state index in [1.807, 2.05) is 12.1 Å². The Balaban J connectivity index is 2.25. The number of hydrogen-bond donors (Lipinski definition) is 1. The SMILES string of the molecule is C=CC(=O)NC1c2ccccc2CC1C. The van der Waals surface area contributed by atoms with Crippen LogP contribution < -0.4 is 5.32 Å². The summed E-state index contributed by atoms with van der Waals surface area (Å²) in [7, 11) is 0. The Morgan fingerprint density at radius 3 is 3.00 bits per heavy atom. The number of fused-ring (bicyclic) bond motifs is 1. The van der Waals surface area contributed by atoms with E-state index in [4.69, 9.17) is 0 Å². The Bertz CT molecular complexity index is 397. The average molecular weight is 201 g/mol. The molecule has 1 N–H and O–H groups in total. The smallest absolute Gasteiger partial charge is 0.243 e. The standard InChI is InChI=1S/C13H15NO/c1-3-12(15)14-13-9(2)8-10-6-4-5-7-11(10)13/h3-7,9,13H,1,8H2,2H3,(H,14,15). The second-order valence-corrected chi connectivity index (χ2v) is 4.07. The summed E-state index contributed by atoms with van der Waals surface area (Å²) in [5, 5.41) is 2.98. The molecule has 0 aromatic heterocycles. The van der Waals surface area contributed by atoms with Crippen LogP contribution in [-0.4, -0.2) is 5.91 Å². The van der Waals surface area contributed by atoms with E-state index < -0.39 is 0 Å². The van der Waals surface area contributed by atoms with Crippen molar-refractivity contribution in [2.45, 2.75) is 19.4 Å². The second kappa shape index (κ2) is 3.89. The van der Waals surface area contributed by atoms with Gasteiger partial charge in [0.05, 0.1) is 6.04 Å². The van der Waals surface area contributed by atoms with E-state index in [2.05, 4.69) is 31.0 Å². The summed E-state index contributed by atoms with van der Waals surface area (Å²) in [6, 6.07) is 8.43. The molecule has 2 nitrogen and oxygen atoms in total. The lowest BCUT2D eigenvalue weighted by atomic mass is 10.0. The minimum absolute atomic E-state index is 0.0939. The van der Waals surface area contributed by atoms with E-state index >= 15 is 0 Å². The molecule has 78 valence electrons. The highest BCUT2D eigenvalue weighted by Gasteiger charge is 2.29. The van der Waals surface area contributed by atoms with E-state index in [1.54, 1.807) is 0 Å². The van der Waals surface area contributed by atoms with Crippen molar-refractivity contribution in [3.8, 4) is 0 Å². The first kappa shape index (κ1) is 9.97. The molecule has 2 heteroatoms. The van der Waals surface area contributed by atoms with Crippen LogP contribution in [0.1, 0.15) is 24.1 Å². The number of benzene rings is 1. The summed E-state index contributed by atoms with van der Waals surface area (Å²) in [5.74, 6) is 0.370. The quantitative estimate of drug-likeness (QED) is 0.730. The number of rotatable bonds is 2. The zero-order valence-corrected chi connectivity index (χ0v) is 8.86. The molecule has 0 saturated heterocycles. The molecule has 1 aromatic rings. The summed E-state index contributed by atoms with van der Waals surface area (Å²) >= 11 is 0. The van der Waals surface area contributed by atoms with Gasteiger partial charge in [0.15, 0.2) is 0 Å². The van der Waals surface area contributed by atoms with Gasteiger partial charge in [0.1, 0.15) is 0 Å². The van der Waals surface area contributed by atoms with Gasteiger partial charge in [0.2, 0.25) is 5.91 Å². The Labute approximate surface area is 90.0 Å². The topological polar surface area (TPSA) is 29.1 Å². The Hall–Kier alpha value is -1.57. The highest BCUT2D eigenvalue weighted by Crippen LogP contribution is 2.35. The predicted octanol–water partition coefficient (Wildman–Crippen LogP) is 2.22. The normalized spacial score (nSPS) is 23.3. The maximum Gasteiger partial charge on any atom is 0.243 e. The molecule has 1 amide bonds. The molecular formula is C13H15NO. The summed E-state index contributed by atoms with van der Waals surface area (Å²) in [6.45, 7) is 5.63. The zero-order valence-electron chi connectivity index (χ0n) is 8.86. The fourth-order valence-electron chi connectivity index (χ4n) is 2.23. The molecule has 2 rings (SSSR count). The van der Waals surface area contributed by atoms with Crippen LogP contribution in [0.2, 0.25) is 0 Å². The van der Waals surface area contributed by atoms with Gasteiger partial charge < -0.3 is 5.32 Å². The molecule has 0 heterocycles. The predicted molar refractivity (Wildman–Crippen MR) is 60.4 cm³/mol. The van der Waals surface area contributed by atoms with E-state index in [0.717, 1.165) is 6.42 Å². The van der Waals surface area contributed by atoms with E-state index in [1.165, 1.54) is 17.2 Å². The summed E-state index contributed by atoms with van der Waals surface area (Å²) in [4.78, 5) is 11.3. The first-order valence-electron chi connectivity index (χ1n) is 5.23. The van der Waals surface area contributed by atoms with Gasteiger partial charge >= 0.3 is 0 Å². The van der Waals surface area contributed by atoms with Crippen LogP contribution in [0, 0.1) is 5.92 Å². The van der Waals surface area contributed by atoms with Crippen molar-refractivity contribution >= 4 is 5.91 Å². The maximum absolute atomic E-state index is 11.3. The summed E-state index contributed by atoms with van der Waals surface area (Å²) in [5.41, 5.74) is 2.60. The fourth-order valence-corrected chi connectivity index (χ4v) is 2.23. The molecule has 2 unspecified atom stereocenters. The molecule has 0 aliphatic heterocycles. The zero-order chi connectivity index (χ0) is 10.8. The van der Waals surface area contributed by atoms with Crippen molar-refractivity contribution in [3.05, 3.63) is 48.0 Å². The first-order valence-corrected chi connectivity index (χ1v) is 5.23. The van der Waals surface area contributed by atoms with E-state index in [-0.39, 0.29) is 11.9 Å². The first-order chi connectivity index (χ1) is 7.22.